The zero-order valence-electron chi connectivity index (χ0n) is 36.3. The largest absolute Gasteiger partial charge is 0.544 e. The summed E-state index contributed by atoms with van der Waals surface area (Å²) in [6.07, 6.45) is 47.9. The van der Waals surface area contributed by atoms with Crippen LogP contribution < -0.4 is 5.11 Å². The van der Waals surface area contributed by atoms with Crippen LogP contribution in [0.1, 0.15) is 162 Å². The Balaban J connectivity index is 4.35. The lowest BCUT2D eigenvalue weighted by atomic mass is 10.1. The summed E-state index contributed by atoms with van der Waals surface area (Å²) in [5, 5.41) is 11.6. The number of hydrogen-bond donors (Lipinski definition) is 0. The number of quaternary nitrogens is 1. The molecular weight excluding hydrogens is 703 g/mol. The number of unbranched alkanes of at least 4 members (excludes halogenated alkanes) is 12. The molecule has 0 heterocycles. The summed E-state index contributed by atoms with van der Waals surface area (Å²) < 4.78 is 17.1. The van der Waals surface area contributed by atoms with E-state index in [1.807, 2.05) is 0 Å². The van der Waals surface area contributed by atoms with Gasteiger partial charge in [0.1, 0.15) is 12.6 Å². The number of carbonyl (C=O) groups excluding carboxylic acids is 3. The Morgan fingerprint density at radius 1 is 0.554 bits per heavy atom. The van der Waals surface area contributed by atoms with Crippen molar-refractivity contribution in [3.8, 4) is 0 Å². The molecule has 0 aliphatic rings. The average molecular weight is 784 g/mol. The van der Waals surface area contributed by atoms with Gasteiger partial charge in [0.25, 0.3) is 0 Å². The number of carboxylic acid groups (broad SMARTS) is 1. The molecule has 0 aromatic heterocycles. The highest BCUT2D eigenvalue weighted by Gasteiger charge is 2.25. The summed E-state index contributed by atoms with van der Waals surface area (Å²) in [6, 6.07) is -0.732. The van der Waals surface area contributed by atoms with Crippen molar-refractivity contribution in [1.29, 1.82) is 0 Å². The second-order valence-corrected chi connectivity index (χ2v) is 15.6. The van der Waals surface area contributed by atoms with E-state index >= 15 is 0 Å². The van der Waals surface area contributed by atoms with E-state index in [2.05, 4.69) is 86.8 Å². The number of carboxylic acids is 1. The fourth-order valence-corrected chi connectivity index (χ4v) is 5.95. The molecule has 0 N–H and O–H groups in total. The Morgan fingerprint density at radius 3 is 1.48 bits per heavy atom. The summed E-state index contributed by atoms with van der Waals surface area (Å²) in [7, 11) is 5.39. The van der Waals surface area contributed by atoms with Gasteiger partial charge in [-0.15, -0.1) is 0 Å². The molecule has 0 saturated carbocycles. The maximum atomic E-state index is 12.7. The molecule has 0 saturated heterocycles. The van der Waals surface area contributed by atoms with Crippen LogP contribution in [0.4, 0.5) is 0 Å². The van der Waals surface area contributed by atoms with Crippen LogP contribution in [0, 0.1) is 0 Å². The van der Waals surface area contributed by atoms with Crippen molar-refractivity contribution in [2.24, 2.45) is 0 Å². The van der Waals surface area contributed by atoms with Crippen molar-refractivity contribution >= 4 is 17.9 Å². The highest BCUT2D eigenvalue weighted by Crippen LogP contribution is 2.13. The Hall–Kier alpha value is -3.23. The van der Waals surface area contributed by atoms with Crippen LogP contribution in [-0.4, -0.2) is 75.5 Å². The average Bonchev–Trinajstić information content (AvgIpc) is 3.15. The minimum atomic E-state index is -1.13. The molecule has 8 heteroatoms. The van der Waals surface area contributed by atoms with Crippen molar-refractivity contribution in [2.75, 3.05) is 41.0 Å². The molecule has 0 amide bonds. The molecule has 0 radical (unpaired) electrons. The van der Waals surface area contributed by atoms with Crippen molar-refractivity contribution in [3.05, 3.63) is 72.9 Å². The van der Waals surface area contributed by atoms with Crippen LogP contribution in [0.15, 0.2) is 72.9 Å². The first kappa shape index (κ1) is 52.8. The molecule has 0 rings (SSSR count). The summed E-state index contributed by atoms with van der Waals surface area (Å²) in [5.41, 5.74) is 0. The van der Waals surface area contributed by atoms with Crippen molar-refractivity contribution < 1.29 is 38.2 Å². The maximum Gasteiger partial charge on any atom is 0.306 e. The van der Waals surface area contributed by atoms with Gasteiger partial charge in [0.2, 0.25) is 0 Å². The van der Waals surface area contributed by atoms with Gasteiger partial charge in [-0.3, -0.25) is 9.59 Å². The second kappa shape index (κ2) is 38.6. The minimum absolute atomic E-state index is 0.0277. The first-order valence-corrected chi connectivity index (χ1v) is 22.0. The van der Waals surface area contributed by atoms with Gasteiger partial charge in [0, 0.05) is 19.3 Å². The van der Waals surface area contributed by atoms with E-state index < -0.39 is 18.1 Å². The normalized spacial score (nSPS) is 13.7. The number of likely N-dealkylation sites (N-methyl/N-ethyl adjacent to an activating group) is 1. The predicted octanol–water partition coefficient (Wildman–Crippen LogP) is 10.6. The molecule has 8 nitrogen and oxygen atoms in total. The summed E-state index contributed by atoms with van der Waals surface area (Å²) in [4.78, 5) is 36.8. The molecule has 2 unspecified atom stereocenters. The molecular formula is C48H81NO7. The van der Waals surface area contributed by atoms with Gasteiger partial charge in [-0.05, 0) is 64.2 Å². The van der Waals surface area contributed by atoms with Gasteiger partial charge in [-0.1, -0.05) is 151 Å². The SMILES string of the molecule is CC/C=C/C/C=C/C/C=C/C/C=C/C/C=C/C/C=C/CCCCCC(=O)OCC(COCCC(C(=O)[O-])[N+](C)(C)C)OC(=O)CCCCCCCCCCCC. The van der Waals surface area contributed by atoms with Crippen LogP contribution in [-0.2, 0) is 28.6 Å². The van der Waals surface area contributed by atoms with Gasteiger partial charge in [0.05, 0.1) is 40.3 Å². The van der Waals surface area contributed by atoms with E-state index in [4.69, 9.17) is 14.2 Å². The minimum Gasteiger partial charge on any atom is -0.544 e. The molecule has 0 spiro atoms. The molecule has 2 atom stereocenters. The molecule has 0 aromatic carbocycles. The number of aliphatic carboxylic acids is 1. The highest BCUT2D eigenvalue weighted by molar-refractivity contribution is 5.70. The summed E-state index contributed by atoms with van der Waals surface area (Å²) in [5.74, 6) is -1.79. The van der Waals surface area contributed by atoms with E-state index in [-0.39, 0.29) is 42.7 Å². The number of nitrogens with zero attached hydrogens (tertiary/aromatic N) is 1. The van der Waals surface area contributed by atoms with Crippen LogP contribution in [0.5, 0.6) is 0 Å². The van der Waals surface area contributed by atoms with Crippen molar-refractivity contribution in [3.63, 3.8) is 0 Å². The predicted molar refractivity (Wildman–Crippen MR) is 231 cm³/mol. The topological polar surface area (TPSA) is 102 Å². The molecule has 320 valence electrons. The van der Waals surface area contributed by atoms with E-state index in [1.54, 1.807) is 21.1 Å². The van der Waals surface area contributed by atoms with Gasteiger partial charge in [0.15, 0.2) is 6.10 Å². The molecule has 56 heavy (non-hydrogen) atoms. The smallest absolute Gasteiger partial charge is 0.306 e. The standard InChI is InChI=1S/C48H81NO7/c1-6-8-10-12-14-16-18-19-20-21-22-23-24-25-26-27-28-29-31-32-34-36-38-46(50)55-43-44(42-54-41-40-45(48(52)53)49(3,4)5)56-47(51)39-37-35-33-30-17-15-13-11-9-7-2/h8,10,14,16,19-20,22-23,25-26,28-29,44-45H,6-7,9,11-13,15,17-18,21,24,27,30-43H2,1-5H3/b10-8+,16-14+,20-19+,23-22+,26-25+,29-28+. The Labute approximate surface area is 342 Å². The number of carbonyl (C=O) groups is 3. The van der Waals surface area contributed by atoms with Crippen LogP contribution >= 0.6 is 0 Å². The van der Waals surface area contributed by atoms with Crippen LogP contribution in [0.25, 0.3) is 0 Å². The monoisotopic (exact) mass is 784 g/mol. The zero-order valence-corrected chi connectivity index (χ0v) is 36.3. The van der Waals surface area contributed by atoms with Gasteiger partial charge < -0.3 is 28.6 Å². The lowest BCUT2D eigenvalue weighted by Gasteiger charge is -2.34. The maximum absolute atomic E-state index is 12.7. The van der Waals surface area contributed by atoms with Crippen molar-refractivity contribution in [2.45, 2.75) is 174 Å². The second-order valence-electron chi connectivity index (χ2n) is 15.6. The number of allylic oxidation sites excluding steroid dienone is 12. The number of rotatable bonds is 38. The fraction of sp³-hybridized carbons (Fsp3) is 0.688. The first-order chi connectivity index (χ1) is 27.1. The van der Waals surface area contributed by atoms with E-state index in [0.717, 1.165) is 83.5 Å². The highest BCUT2D eigenvalue weighted by atomic mass is 16.6. The van der Waals surface area contributed by atoms with Crippen LogP contribution in [0.2, 0.25) is 0 Å². The third-order valence-corrected chi connectivity index (χ3v) is 9.36. The fourth-order valence-electron chi connectivity index (χ4n) is 5.95. The molecule has 0 bridgehead atoms. The molecule has 0 fully saturated rings. The number of esters is 2. The van der Waals surface area contributed by atoms with Gasteiger partial charge in [-0.2, -0.15) is 0 Å². The van der Waals surface area contributed by atoms with Crippen molar-refractivity contribution in [1.82, 2.24) is 0 Å². The van der Waals surface area contributed by atoms with Gasteiger partial charge in [-0.25, -0.2) is 0 Å². The first-order valence-electron chi connectivity index (χ1n) is 22.0. The van der Waals surface area contributed by atoms with E-state index in [1.165, 1.54) is 44.9 Å². The Morgan fingerprint density at radius 2 is 1.00 bits per heavy atom. The number of ether oxygens (including phenoxy) is 3. The van der Waals surface area contributed by atoms with Crippen LogP contribution in [0.3, 0.4) is 0 Å². The zero-order chi connectivity index (χ0) is 41.4. The molecule has 0 aromatic rings. The third kappa shape index (κ3) is 36.4. The Kier molecular flexibility index (Phi) is 36.4. The Bertz CT molecular complexity index is 1140. The van der Waals surface area contributed by atoms with E-state index in [0.29, 0.717) is 12.8 Å². The van der Waals surface area contributed by atoms with Gasteiger partial charge >= 0.3 is 11.9 Å². The summed E-state index contributed by atoms with van der Waals surface area (Å²) in [6.45, 7) is 4.48. The summed E-state index contributed by atoms with van der Waals surface area (Å²) >= 11 is 0. The number of hydrogen-bond acceptors (Lipinski definition) is 7. The molecule has 0 aliphatic carbocycles. The van der Waals surface area contributed by atoms with E-state index in [9.17, 15) is 19.5 Å². The lowest BCUT2D eigenvalue weighted by Crippen LogP contribution is -2.55. The third-order valence-electron chi connectivity index (χ3n) is 9.36. The molecule has 0 aliphatic heterocycles. The lowest BCUT2D eigenvalue weighted by molar-refractivity contribution is -0.889. The quantitative estimate of drug-likeness (QED) is 0.0266.